The number of carbonyl (C=O) groups is 3. The molecule has 0 saturated carbocycles. The first-order valence-corrected chi connectivity index (χ1v) is 11.8. The first-order chi connectivity index (χ1) is 16.6. The van der Waals surface area contributed by atoms with Crippen molar-refractivity contribution in [2.75, 3.05) is 6.54 Å². The maximum absolute atomic E-state index is 13.1. The molecule has 35 heavy (non-hydrogen) atoms. The third-order valence-electron chi connectivity index (χ3n) is 5.56. The number of carbonyl (C=O) groups excluding carboxylic acids is 3. The van der Waals surface area contributed by atoms with Gasteiger partial charge in [-0.2, -0.15) is 0 Å². The summed E-state index contributed by atoms with van der Waals surface area (Å²) in [5.74, 6) is -1.51. The molecule has 3 amide bonds. The highest BCUT2D eigenvalue weighted by Gasteiger charge is 2.28. The van der Waals surface area contributed by atoms with E-state index in [9.17, 15) is 14.4 Å². The summed E-state index contributed by atoms with van der Waals surface area (Å²) < 4.78 is 0. The van der Waals surface area contributed by atoms with Crippen LogP contribution >= 0.6 is 0 Å². The Balaban J connectivity index is 2.05. The number of benzene rings is 2. The second-order valence-corrected chi connectivity index (χ2v) is 9.10. The Hall–Kier alpha value is -3.66. The zero-order valence-electron chi connectivity index (χ0n) is 20.4. The molecule has 0 unspecified atom stereocenters. The van der Waals surface area contributed by atoms with Crippen molar-refractivity contribution >= 4 is 34.5 Å². The lowest BCUT2D eigenvalue weighted by atomic mass is 9.99. The number of amides is 3. The molecule has 2 aromatic carbocycles. The van der Waals surface area contributed by atoms with Crippen LogP contribution in [0.5, 0.6) is 0 Å². The van der Waals surface area contributed by atoms with Crippen LogP contribution in [-0.2, 0) is 20.8 Å². The average molecular weight is 484 g/mol. The van der Waals surface area contributed by atoms with Gasteiger partial charge in [-0.15, -0.1) is 0 Å². The molecule has 3 atom stereocenters. The number of nitrogens with two attached hydrogens (primary N) is 4. The summed E-state index contributed by atoms with van der Waals surface area (Å²) in [5, 5.41) is 7.53. The number of hydrogen-bond acceptors (Lipinski definition) is 5. The molecular formula is C25H37N7O3. The number of aliphatic imine (C=N–C) groups is 1. The monoisotopic (exact) mass is 483 g/mol. The number of nitrogens with zero attached hydrogens (tertiary/aromatic N) is 1. The highest BCUT2D eigenvalue weighted by atomic mass is 16.2. The van der Waals surface area contributed by atoms with E-state index in [1.807, 2.05) is 56.3 Å². The van der Waals surface area contributed by atoms with E-state index in [1.165, 1.54) is 0 Å². The Bertz CT molecular complexity index is 1050. The third kappa shape index (κ3) is 9.24. The summed E-state index contributed by atoms with van der Waals surface area (Å²) in [6.07, 6.45) is 1.48. The van der Waals surface area contributed by atoms with Gasteiger partial charge in [-0.05, 0) is 41.5 Å². The van der Waals surface area contributed by atoms with Gasteiger partial charge in [0.05, 0.1) is 6.04 Å². The Labute approximate surface area is 205 Å². The molecule has 0 aliphatic carbocycles. The van der Waals surface area contributed by atoms with Crippen LogP contribution in [-0.4, -0.2) is 48.4 Å². The minimum Gasteiger partial charge on any atom is -0.370 e. The van der Waals surface area contributed by atoms with Crippen molar-refractivity contribution in [1.82, 2.24) is 10.6 Å². The van der Waals surface area contributed by atoms with Crippen molar-refractivity contribution in [2.45, 2.75) is 57.7 Å². The van der Waals surface area contributed by atoms with E-state index in [2.05, 4.69) is 15.6 Å². The molecule has 190 valence electrons. The van der Waals surface area contributed by atoms with Gasteiger partial charge in [0.15, 0.2) is 5.96 Å². The van der Waals surface area contributed by atoms with Crippen molar-refractivity contribution in [3.05, 3.63) is 48.0 Å². The van der Waals surface area contributed by atoms with Crippen LogP contribution in [0.25, 0.3) is 10.8 Å². The SMILES string of the molecule is CC(C)C[C@H](NC(=O)[C@@H](N)CCCN=C(N)N)C(=O)N[C@@H](Cc1ccc2ccccc2c1)C(N)=O. The fraction of sp³-hybridized carbons (Fsp3) is 0.440. The lowest BCUT2D eigenvalue weighted by Gasteiger charge is -2.24. The second kappa shape index (κ2) is 13.3. The Kier molecular flexibility index (Phi) is 10.5. The number of fused-ring (bicyclic) bond motifs is 1. The van der Waals surface area contributed by atoms with Gasteiger partial charge in [-0.1, -0.05) is 56.3 Å². The summed E-state index contributed by atoms with van der Waals surface area (Å²) in [7, 11) is 0. The molecule has 2 aromatic rings. The minimum absolute atomic E-state index is 0.0237. The van der Waals surface area contributed by atoms with Crippen molar-refractivity contribution in [1.29, 1.82) is 0 Å². The summed E-state index contributed by atoms with van der Waals surface area (Å²) in [6, 6.07) is 11.1. The van der Waals surface area contributed by atoms with Crippen LogP contribution in [0.1, 0.15) is 38.7 Å². The van der Waals surface area contributed by atoms with Crippen molar-refractivity contribution < 1.29 is 14.4 Å². The molecule has 0 aliphatic heterocycles. The van der Waals surface area contributed by atoms with E-state index in [0.29, 0.717) is 25.8 Å². The second-order valence-electron chi connectivity index (χ2n) is 9.10. The molecule has 2 rings (SSSR count). The summed E-state index contributed by atoms with van der Waals surface area (Å²) in [6.45, 7) is 4.22. The highest BCUT2D eigenvalue weighted by molar-refractivity contribution is 5.93. The molecule has 0 aliphatic rings. The number of guanidine groups is 1. The molecule has 0 radical (unpaired) electrons. The van der Waals surface area contributed by atoms with Gasteiger partial charge in [0.2, 0.25) is 17.7 Å². The molecule has 10 N–H and O–H groups in total. The van der Waals surface area contributed by atoms with Crippen LogP contribution in [0, 0.1) is 5.92 Å². The number of rotatable bonds is 13. The highest BCUT2D eigenvalue weighted by Crippen LogP contribution is 2.17. The van der Waals surface area contributed by atoms with Crippen LogP contribution < -0.4 is 33.6 Å². The fourth-order valence-electron chi connectivity index (χ4n) is 3.73. The van der Waals surface area contributed by atoms with Gasteiger partial charge in [-0.25, -0.2) is 0 Å². The maximum Gasteiger partial charge on any atom is 0.243 e. The molecule has 10 nitrogen and oxygen atoms in total. The first-order valence-electron chi connectivity index (χ1n) is 11.8. The number of nitrogens with one attached hydrogen (secondary N) is 2. The topological polar surface area (TPSA) is 192 Å². The van der Waals surface area contributed by atoms with E-state index in [-0.39, 0.29) is 18.3 Å². The van der Waals surface area contributed by atoms with Crippen molar-refractivity contribution in [2.24, 2.45) is 33.8 Å². The Morgan fingerprint density at radius 2 is 1.57 bits per heavy atom. The summed E-state index contributed by atoms with van der Waals surface area (Å²) >= 11 is 0. The van der Waals surface area contributed by atoms with Crippen LogP contribution in [0.3, 0.4) is 0 Å². The largest absolute Gasteiger partial charge is 0.370 e. The number of hydrogen-bond donors (Lipinski definition) is 6. The van der Waals surface area contributed by atoms with Gasteiger partial charge < -0.3 is 33.6 Å². The summed E-state index contributed by atoms with van der Waals surface area (Å²) in [5.41, 5.74) is 23.0. The smallest absolute Gasteiger partial charge is 0.243 e. The fourth-order valence-corrected chi connectivity index (χ4v) is 3.73. The molecule has 10 heteroatoms. The van der Waals surface area contributed by atoms with Gasteiger partial charge in [0, 0.05) is 13.0 Å². The first kappa shape index (κ1) is 27.6. The van der Waals surface area contributed by atoms with E-state index >= 15 is 0 Å². The van der Waals surface area contributed by atoms with Crippen LogP contribution in [0.15, 0.2) is 47.5 Å². The maximum atomic E-state index is 13.1. The minimum atomic E-state index is -0.927. The standard InChI is InChI=1S/C25H37N7O3/c1-15(2)12-21(32-23(34)19(26)8-5-11-30-25(28)29)24(35)31-20(22(27)33)14-16-9-10-17-6-3-4-7-18(17)13-16/h3-4,6-7,9-10,13,15,19-21H,5,8,11-12,14,26H2,1-2H3,(H2,27,33)(H,31,35)(H,32,34)(H4,28,29,30)/t19-,20-,21-/m0/s1. The molecule has 0 fully saturated rings. The Morgan fingerprint density at radius 1 is 0.914 bits per heavy atom. The lowest BCUT2D eigenvalue weighted by Crippen LogP contribution is -2.56. The summed E-state index contributed by atoms with van der Waals surface area (Å²) in [4.78, 5) is 41.7. The van der Waals surface area contributed by atoms with Gasteiger partial charge in [-0.3, -0.25) is 19.4 Å². The zero-order chi connectivity index (χ0) is 26.0. The zero-order valence-corrected chi connectivity index (χ0v) is 20.4. The lowest BCUT2D eigenvalue weighted by molar-refractivity contribution is -0.132. The van der Waals surface area contributed by atoms with Gasteiger partial charge >= 0.3 is 0 Å². The molecular weight excluding hydrogens is 446 g/mol. The van der Waals surface area contributed by atoms with Crippen molar-refractivity contribution in [3.63, 3.8) is 0 Å². The predicted molar refractivity (Wildman–Crippen MR) is 138 cm³/mol. The molecule has 0 bridgehead atoms. The normalized spacial score (nSPS) is 13.6. The Morgan fingerprint density at radius 3 is 2.20 bits per heavy atom. The van der Waals surface area contributed by atoms with E-state index in [1.54, 1.807) is 0 Å². The van der Waals surface area contributed by atoms with Crippen LogP contribution in [0.4, 0.5) is 0 Å². The van der Waals surface area contributed by atoms with E-state index < -0.39 is 35.8 Å². The van der Waals surface area contributed by atoms with Gasteiger partial charge in [0.1, 0.15) is 12.1 Å². The van der Waals surface area contributed by atoms with Gasteiger partial charge in [0.25, 0.3) is 0 Å². The average Bonchev–Trinajstić information content (AvgIpc) is 2.80. The third-order valence-corrected chi connectivity index (χ3v) is 5.56. The molecule has 0 heterocycles. The molecule has 0 spiro atoms. The van der Waals surface area contributed by atoms with Crippen LogP contribution in [0.2, 0.25) is 0 Å². The van der Waals surface area contributed by atoms with E-state index in [0.717, 1.165) is 16.3 Å². The molecule has 0 aromatic heterocycles. The quantitative estimate of drug-likeness (QED) is 0.134. The van der Waals surface area contributed by atoms with E-state index in [4.69, 9.17) is 22.9 Å². The molecule has 0 saturated heterocycles. The predicted octanol–water partition coefficient (Wildman–Crippen LogP) is 0.264. The number of primary amides is 1. The van der Waals surface area contributed by atoms with Crippen molar-refractivity contribution in [3.8, 4) is 0 Å².